The fourth-order valence-electron chi connectivity index (χ4n) is 11.2. The van der Waals surface area contributed by atoms with Crippen molar-refractivity contribution in [3.63, 3.8) is 0 Å². The number of benzene rings is 8. The topological polar surface area (TPSA) is 68.8 Å². The van der Waals surface area contributed by atoms with Gasteiger partial charge in [0.1, 0.15) is 23.0 Å². The average molecular weight is 1020 g/mol. The molecule has 10 aromatic rings. The highest BCUT2D eigenvalue weighted by Gasteiger charge is 2.35. The van der Waals surface area contributed by atoms with Crippen LogP contribution in [0.2, 0.25) is 0 Å². The van der Waals surface area contributed by atoms with Crippen LogP contribution in [0, 0.1) is 35.5 Å². The second kappa shape index (κ2) is 19.8. The van der Waals surface area contributed by atoms with E-state index in [1.165, 1.54) is 11.1 Å². The number of aromatic hydroxyl groups is 2. The first-order valence-electron chi connectivity index (χ1n) is 27.6. The summed E-state index contributed by atoms with van der Waals surface area (Å²) < 4.78 is 18.5. The van der Waals surface area contributed by atoms with Crippen molar-refractivity contribution in [2.24, 2.45) is 21.7 Å². The largest absolute Gasteiger partial charge is 0.505 e. The van der Waals surface area contributed by atoms with Gasteiger partial charge in [0.05, 0.1) is 45.6 Å². The highest BCUT2D eigenvalue weighted by molar-refractivity contribution is 6.10. The lowest BCUT2D eigenvalue weighted by molar-refractivity contribution is 0.129. The average Bonchev–Trinajstić information content (AvgIpc) is 3.88. The molecule has 0 unspecified atom stereocenters. The van der Waals surface area contributed by atoms with Crippen LogP contribution in [-0.4, -0.2) is 31.6 Å². The van der Waals surface area contributed by atoms with E-state index in [-0.39, 0.29) is 45.4 Å². The van der Waals surface area contributed by atoms with Gasteiger partial charge in [0.2, 0.25) is 0 Å². The molecule has 0 aliphatic rings. The molecule has 0 radical (unpaired) electrons. The van der Waals surface area contributed by atoms with Crippen molar-refractivity contribution in [3.8, 4) is 56.6 Å². The number of phenols is 2. The summed E-state index contributed by atoms with van der Waals surface area (Å²) in [5.41, 5.74) is 13.2. The molecule has 2 atom stereocenters. The monoisotopic (exact) mass is 1020 g/mol. The Hall–Kier alpha value is -7.44. The van der Waals surface area contributed by atoms with E-state index in [9.17, 15) is 10.2 Å². The first-order chi connectivity index (χ1) is 36.4. The van der Waals surface area contributed by atoms with E-state index in [4.69, 9.17) is 9.47 Å². The summed E-state index contributed by atoms with van der Waals surface area (Å²) in [4.78, 5) is 0. The van der Waals surface area contributed by atoms with Crippen molar-refractivity contribution in [2.45, 2.75) is 128 Å². The van der Waals surface area contributed by atoms with Crippen LogP contribution in [0.4, 0.5) is 0 Å². The number of rotatable bonds is 14. The zero-order chi connectivity index (χ0) is 54.9. The fraction of sp³-hybridized carbons (Fsp3) is 0.324. The maximum atomic E-state index is 12.7. The predicted molar refractivity (Wildman–Crippen MR) is 324 cm³/mol. The number of ether oxygens (including phenoxy) is 2. The van der Waals surface area contributed by atoms with Gasteiger partial charge in [-0.2, -0.15) is 0 Å². The molecule has 10 rings (SSSR count). The third-order valence-electron chi connectivity index (χ3n) is 17.5. The molecule has 0 saturated carbocycles. The maximum absolute atomic E-state index is 12.7. The van der Waals surface area contributed by atoms with Crippen molar-refractivity contribution in [1.29, 1.82) is 0 Å². The molecule has 6 nitrogen and oxygen atoms in total. The minimum atomic E-state index is -0.283. The summed E-state index contributed by atoms with van der Waals surface area (Å²) in [7, 11) is 0. The third-order valence-corrected chi connectivity index (χ3v) is 17.5. The molecule has 0 aliphatic carbocycles. The Balaban J connectivity index is 1.02. The van der Waals surface area contributed by atoms with Gasteiger partial charge in [-0.15, -0.1) is 0 Å². The molecule has 2 aromatic heterocycles. The lowest BCUT2D eigenvalue weighted by Gasteiger charge is -2.39. The Labute approximate surface area is 456 Å². The molecule has 6 heteroatoms. The first-order valence-corrected chi connectivity index (χ1v) is 27.6. The van der Waals surface area contributed by atoms with E-state index in [1.54, 1.807) is 0 Å². The lowest BCUT2D eigenvalue weighted by Crippen LogP contribution is -2.31. The number of fused-ring (bicyclic) bond motifs is 6. The van der Waals surface area contributed by atoms with Gasteiger partial charge in [0, 0.05) is 50.2 Å². The SMILES string of the molecule is Cc1cc(-c2cc(CC(C)(C)C(C)(C)C)ccc2O[C@H](C)C[C@H](C)Oc2ccc(CC(C)(C)C(C)(C)C)cc2-c2cc(C)cc(-n3c4ccccc4c4ccccc43)c2O)c(O)c(-n2c3ccccc3c3ccccc32)c1. The molecule has 0 amide bonds. The van der Waals surface area contributed by atoms with Gasteiger partial charge in [0.15, 0.2) is 0 Å². The van der Waals surface area contributed by atoms with Gasteiger partial charge >= 0.3 is 0 Å². The molecular formula is C71H78N2O4. The van der Waals surface area contributed by atoms with Crippen molar-refractivity contribution >= 4 is 43.6 Å². The number of hydrogen-bond donors (Lipinski definition) is 2. The normalized spacial score (nSPS) is 13.5. The van der Waals surface area contributed by atoms with E-state index in [0.29, 0.717) is 17.9 Å². The zero-order valence-corrected chi connectivity index (χ0v) is 47.9. The van der Waals surface area contributed by atoms with Crippen molar-refractivity contribution in [1.82, 2.24) is 9.13 Å². The summed E-state index contributed by atoms with van der Waals surface area (Å²) in [6.07, 6.45) is 1.70. The minimum Gasteiger partial charge on any atom is -0.505 e. The smallest absolute Gasteiger partial charge is 0.147 e. The van der Waals surface area contributed by atoms with Crippen molar-refractivity contribution < 1.29 is 19.7 Å². The molecule has 0 aliphatic heterocycles. The number of nitrogens with zero attached hydrogens (tertiary/aromatic N) is 2. The van der Waals surface area contributed by atoms with Crippen LogP contribution in [0.1, 0.15) is 112 Å². The number of phenolic OH excluding ortho intramolecular Hbond substituents is 2. The third kappa shape index (κ3) is 9.97. The summed E-state index contributed by atoms with van der Waals surface area (Å²) in [6.45, 7) is 31.6. The Bertz CT molecular complexity index is 3490. The highest BCUT2D eigenvalue weighted by atomic mass is 16.5. The predicted octanol–water partition coefficient (Wildman–Crippen LogP) is 19.1. The zero-order valence-electron chi connectivity index (χ0n) is 47.9. The van der Waals surface area contributed by atoms with Crippen LogP contribution in [0.3, 0.4) is 0 Å². The van der Waals surface area contributed by atoms with Crippen LogP contribution in [-0.2, 0) is 12.8 Å². The minimum absolute atomic E-state index is 0.0167. The molecule has 2 N–H and O–H groups in total. The Morgan fingerprint density at radius 1 is 0.403 bits per heavy atom. The number of aromatic nitrogens is 2. The Kier molecular flexibility index (Phi) is 13.7. The van der Waals surface area contributed by atoms with Crippen LogP contribution in [0.25, 0.3) is 77.2 Å². The van der Waals surface area contributed by atoms with Crippen LogP contribution >= 0.6 is 0 Å². The second-order valence-electron chi connectivity index (χ2n) is 25.5. The summed E-state index contributed by atoms with van der Waals surface area (Å²) in [5, 5.41) is 30.0. The van der Waals surface area contributed by atoms with Gasteiger partial charge in [0.25, 0.3) is 0 Å². The second-order valence-corrected chi connectivity index (χ2v) is 25.5. The van der Waals surface area contributed by atoms with Crippen molar-refractivity contribution in [2.75, 3.05) is 0 Å². The molecule has 396 valence electrons. The summed E-state index contributed by atoms with van der Waals surface area (Å²) in [6, 6.07) is 55.1. The van der Waals surface area contributed by atoms with E-state index in [1.807, 2.05) is 0 Å². The van der Waals surface area contributed by atoms with E-state index in [2.05, 4.69) is 264 Å². The van der Waals surface area contributed by atoms with E-state index < -0.39 is 0 Å². The standard InChI is InChI=1S/C71H78N2O4/c1-44-35-56(66(74)62(37-44)72-58-27-19-15-23-50(58)51-24-16-20-28-59(51)72)54-40-48(42-70(11,12)68(5,6)7)31-33-64(54)76-46(3)39-47(4)77-65-34-32-49(43-71(13,14)69(8,9)10)41-55(65)57-36-45(2)38-63(67(57)75)73-60-29-21-17-25-52(60)53-26-18-22-30-61(53)73/h15-38,40-41,46-47,74-75H,39,42-43H2,1-14H3/t46-,47+. The van der Waals surface area contributed by atoms with Gasteiger partial charge in [-0.05, 0) is 157 Å². The molecule has 0 saturated heterocycles. The van der Waals surface area contributed by atoms with Gasteiger partial charge < -0.3 is 28.8 Å². The summed E-state index contributed by atoms with van der Waals surface area (Å²) in [5.74, 6) is 1.80. The molecular weight excluding hydrogens is 945 g/mol. The fourth-order valence-corrected chi connectivity index (χ4v) is 11.2. The van der Waals surface area contributed by atoms with Crippen LogP contribution in [0.5, 0.6) is 23.0 Å². The number of hydrogen-bond acceptors (Lipinski definition) is 4. The van der Waals surface area contributed by atoms with Gasteiger partial charge in [-0.3, -0.25) is 0 Å². The Morgan fingerprint density at radius 2 is 0.714 bits per heavy atom. The first kappa shape index (κ1) is 53.0. The molecule has 0 bridgehead atoms. The number of para-hydroxylation sites is 4. The van der Waals surface area contributed by atoms with Gasteiger partial charge in [-0.25, -0.2) is 0 Å². The van der Waals surface area contributed by atoms with Crippen LogP contribution < -0.4 is 9.47 Å². The molecule has 77 heavy (non-hydrogen) atoms. The maximum Gasteiger partial charge on any atom is 0.147 e. The van der Waals surface area contributed by atoms with Crippen LogP contribution in [0.15, 0.2) is 158 Å². The Morgan fingerprint density at radius 3 is 1.03 bits per heavy atom. The molecule has 8 aromatic carbocycles. The van der Waals surface area contributed by atoms with E-state index in [0.717, 1.165) is 101 Å². The molecule has 0 spiro atoms. The van der Waals surface area contributed by atoms with E-state index >= 15 is 0 Å². The molecule has 2 heterocycles. The highest BCUT2D eigenvalue weighted by Crippen LogP contribution is 2.49. The van der Waals surface area contributed by atoms with Crippen molar-refractivity contribution in [3.05, 3.63) is 180 Å². The summed E-state index contributed by atoms with van der Waals surface area (Å²) >= 11 is 0. The molecule has 0 fully saturated rings. The number of aryl methyl sites for hydroxylation is 2. The van der Waals surface area contributed by atoms with Gasteiger partial charge in [-0.1, -0.05) is 154 Å². The quantitative estimate of drug-likeness (QED) is 0.114. The lowest BCUT2D eigenvalue weighted by atomic mass is 9.66.